The number of nitrogen functional groups attached to an aromatic ring is 1. The van der Waals surface area contributed by atoms with Crippen LogP contribution in [0.5, 0.6) is 5.75 Å². The van der Waals surface area contributed by atoms with Crippen molar-refractivity contribution in [2.45, 2.75) is 12.5 Å². The summed E-state index contributed by atoms with van der Waals surface area (Å²) in [5.41, 5.74) is 7.57. The van der Waals surface area contributed by atoms with Crippen LogP contribution in [0.2, 0.25) is 0 Å². The number of nitrogens with zero attached hydrogens (tertiary/aromatic N) is 1. The number of nitrogens with two attached hydrogens (primary N) is 1. The number of para-hydroxylation sites is 2. The number of hydrogen-bond acceptors (Lipinski definition) is 4. The first-order valence-corrected chi connectivity index (χ1v) is 7.73. The molecule has 0 aliphatic carbocycles. The number of carbonyl (C=O) groups excluding carboxylic acids is 1. The minimum atomic E-state index is -0.185. The Balaban J connectivity index is 0.00000156. The molecule has 0 spiro atoms. The summed E-state index contributed by atoms with van der Waals surface area (Å²) in [6, 6.07) is 14.4. The lowest BCUT2D eigenvalue weighted by Crippen LogP contribution is -2.21. The van der Waals surface area contributed by atoms with E-state index in [0.717, 1.165) is 25.3 Å². The van der Waals surface area contributed by atoms with Crippen LogP contribution in [0, 0.1) is 0 Å². The molecule has 1 saturated heterocycles. The zero-order valence-electron chi connectivity index (χ0n) is 14.0. The summed E-state index contributed by atoms with van der Waals surface area (Å²) in [6.07, 6.45) is 1.26. The maximum absolute atomic E-state index is 12.3. The lowest BCUT2D eigenvalue weighted by atomic mass is 10.2. The number of ether oxygens (including phenoxy) is 1. The third-order valence-electron chi connectivity index (χ3n) is 3.98. The maximum atomic E-state index is 12.3. The second kappa shape index (κ2) is 9.51. The van der Waals surface area contributed by atoms with E-state index in [-0.39, 0.29) is 36.8 Å². The largest absolute Gasteiger partial charge is 0.489 e. The maximum Gasteiger partial charge on any atom is 0.255 e. The number of hydrogen-bond donors (Lipinski definition) is 2. The average molecular weight is 384 g/mol. The molecule has 0 aromatic heterocycles. The molecule has 3 rings (SSSR count). The number of carbonyl (C=O) groups is 1. The van der Waals surface area contributed by atoms with Crippen LogP contribution in [0.4, 0.5) is 11.4 Å². The second-order valence-electron chi connectivity index (χ2n) is 5.86. The van der Waals surface area contributed by atoms with Gasteiger partial charge in [0.25, 0.3) is 5.91 Å². The summed E-state index contributed by atoms with van der Waals surface area (Å²) < 4.78 is 5.92. The zero-order chi connectivity index (χ0) is 16.2. The fraction of sp³-hybridized carbons (Fsp3) is 0.278. The number of likely N-dealkylation sites (N-methyl/N-ethyl adjacent to an activating group) is 1. The summed E-state index contributed by atoms with van der Waals surface area (Å²) in [6.45, 7) is 2.00. The Kier molecular flexibility index (Phi) is 8.03. The van der Waals surface area contributed by atoms with Gasteiger partial charge in [-0.15, -0.1) is 24.8 Å². The molecule has 1 aliphatic heterocycles. The van der Waals surface area contributed by atoms with Gasteiger partial charge < -0.3 is 20.7 Å². The van der Waals surface area contributed by atoms with Crippen molar-refractivity contribution in [3.8, 4) is 5.75 Å². The van der Waals surface area contributed by atoms with Crippen LogP contribution < -0.4 is 15.8 Å². The molecule has 0 unspecified atom stereocenters. The number of anilines is 2. The number of rotatable bonds is 4. The van der Waals surface area contributed by atoms with Crippen LogP contribution in [0.1, 0.15) is 16.8 Å². The highest BCUT2D eigenvalue weighted by Crippen LogP contribution is 2.20. The van der Waals surface area contributed by atoms with Crippen molar-refractivity contribution in [1.82, 2.24) is 4.90 Å². The highest BCUT2D eigenvalue weighted by Gasteiger charge is 2.20. The Hall–Kier alpha value is -1.95. The van der Waals surface area contributed by atoms with Gasteiger partial charge in [-0.25, -0.2) is 0 Å². The first kappa shape index (κ1) is 21.1. The Morgan fingerprint density at radius 1 is 1.16 bits per heavy atom. The smallest absolute Gasteiger partial charge is 0.255 e. The Bertz CT molecular complexity index is 695. The van der Waals surface area contributed by atoms with Crippen LogP contribution in [0.15, 0.2) is 48.5 Å². The van der Waals surface area contributed by atoms with Crippen molar-refractivity contribution in [3.63, 3.8) is 0 Å². The van der Waals surface area contributed by atoms with Crippen molar-refractivity contribution in [2.75, 3.05) is 31.2 Å². The van der Waals surface area contributed by atoms with Gasteiger partial charge in [-0.3, -0.25) is 4.79 Å². The number of benzene rings is 2. The number of halogens is 2. The number of likely N-dealkylation sites (tertiary alicyclic amines) is 1. The standard InChI is InChI=1S/C18H21N3O2.2ClH/c1-21-11-10-15(12-21)23-14-8-6-13(7-9-14)18(22)20-17-5-3-2-4-16(17)19;;/h2-9,15H,10-12,19H2,1H3,(H,20,22);2*1H/t15-;;/m0../s1. The molecule has 0 radical (unpaired) electrons. The van der Waals surface area contributed by atoms with Crippen LogP contribution in [-0.2, 0) is 0 Å². The highest BCUT2D eigenvalue weighted by atomic mass is 35.5. The molecule has 5 nitrogen and oxygen atoms in total. The van der Waals surface area contributed by atoms with Gasteiger partial charge in [0.15, 0.2) is 0 Å². The summed E-state index contributed by atoms with van der Waals surface area (Å²) in [5, 5.41) is 2.81. The molecule has 0 saturated carbocycles. The van der Waals surface area contributed by atoms with Gasteiger partial charge in [0.2, 0.25) is 0 Å². The van der Waals surface area contributed by atoms with Gasteiger partial charge in [-0.1, -0.05) is 12.1 Å². The highest BCUT2D eigenvalue weighted by molar-refractivity contribution is 6.05. The molecular formula is C18H23Cl2N3O2. The predicted molar refractivity (Wildman–Crippen MR) is 106 cm³/mol. The molecule has 0 bridgehead atoms. The zero-order valence-corrected chi connectivity index (χ0v) is 15.6. The Labute approximate surface area is 160 Å². The summed E-state index contributed by atoms with van der Waals surface area (Å²) >= 11 is 0. The molecule has 1 amide bonds. The fourth-order valence-electron chi connectivity index (χ4n) is 2.67. The monoisotopic (exact) mass is 383 g/mol. The van der Waals surface area contributed by atoms with Gasteiger partial charge >= 0.3 is 0 Å². The van der Waals surface area contributed by atoms with Crippen LogP contribution in [0.3, 0.4) is 0 Å². The molecule has 1 fully saturated rings. The van der Waals surface area contributed by atoms with Gasteiger partial charge in [0, 0.05) is 18.7 Å². The van der Waals surface area contributed by atoms with Crippen molar-refractivity contribution in [3.05, 3.63) is 54.1 Å². The first-order valence-electron chi connectivity index (χ1n) is 7.73. The minimum Gasteiger partial charge on any atom is -0.489 e. The van der Waals surface area contributed by atoms with Crippen molar-refractivity contribution in [1.29, 1.82) is 0 Å². The predicted octanol–water partition coefficient (Wildman–Crippen LogP) is 3.45. The minimum absolute atomic E-state index is 0. The topological polar surface area (TPSA) is 67.6 Å². The fourth-order valence-corrected chi connectivity index (χ4v) is 2.67. The van der Waals surface area contributed by atoms with E-state index in [0.29, 0.717) is 16.9 Å². The quantitative estimate of drug-likeness (QED) is 0.793. The summed E-state index contributed by atoms with van der Waals surface area (Å²) in [5.74, 6) is 0.608. The molecule has 2 aromatic carbocycles. The van der Waals surface area contributed by atoms with Gasteiger partial charge in [-0.2, -0.15) is 0 Å². The third kappa shape index (κ3) is 5.53. The normalized spacial score (nSPS) is 16.4. The summed E-state index contributed by atoms with van der Waals surface area (Å²) in [4.78, 5) is 14.5. The Morgan fingerprint density at radius 3 is 2.44 bits per heavy atom. The van der Waals surface area contributed by atoms with E-state index < -0.39 is 0 Å². The molecule has 25 heavy (non-hydrogen) atoms. The van der Waals surface area contributed by atoms with Gasteiger partial charge in [-0.05, 0) is 49.9 Å². The number of nitrogens with one attached hydrogen (secondary N) is 1. The van der Waals surface area contributed by atoms with E-state index in [1.807, 2.05) is 24.3 Å². The van der Waals surface area contributed by atoms with E-state index in [1.54, 1.807) is 24.3 Å². The molecule has 1 heterocycles. The van der Waals surface area contributed by atoms with E-state index >= 15 is 0 Å². The number of amides is 1. The van der Waals surface area contributed by atoms with E-state index in [2.05, 4.69) is 17.3 Å². The molecule has 2 aromatic rings. The lowest BCUT2D eigenvalue weighted by Gasteiger charge is -2.14. The van der Waals surface area contributed by atoms with E-state index in [9.17, 15) is 4.79 Å². The molecule has 7 heteroatoms. The van der Waals surface area contributed by atoms with E-state index in [1.165, 1.54) is 0 Å². The SMILES string of the molecule is CN1CC[C@H](Oc2ccc(C(=O)Nc3ccccc3N)cc2)C1.Cl.Cl. The first-order chi connectivity index (χ1) is 11.1. The van der Waals surface area contributed by atoms with Crippen LogP contribution in [0.25, 0.3) is 0 Å². The van der Waals surface area contributed by atoms with Crippen LogP contribution in [-0.4, -0.2) is 37.0 Å². The molecule has 3 N–H and O–H groups in total. The lowest BCUT2D eigenvalue weighted by molar-refractivity contribution is 0.102. The van der Waals surface area contributed by atoms with Crippen LogP contribution >= 0.6 is 24.8 Å². The second-order valence-corrected chi connectivity index (χ2v) is 5.86. The average Bonchev–Trinajstić information content (AvgIpc) is 2.95. The molecular weight excluding hydrogens is 361 g/mol. The summed E-state index contributed by atoms with van der Waals surface area (Å²) in [7, 11) is 2.09. The van der Waals surface area contributed by atoms with E-state index in [4.69, 9.17) is 10.5 Å². The molecule has 1 aliphatic rings. The van der Waals surface area contributed by atoms with Crippen molar-refractivity contribution in [2.24, 2.45) is 0 Å². The third-order valence-corrected chi connectivity index (χ3v) is 3.98. The van der Waals surface area contributed by atoms with Crippen molar-refractivity contribution < 1.29 is 9.53 Å². The Morgan fingerprint density at radius 2 is 1.84 bits per heavy atom. The van der Waals surface area contributed by atoms with Gasteiger partial charge in [0.1, 0.15) is 11.9 Å². The van der Waals surface area contributed by atoms with Crippen molar-refractivity contribution >= 4 is 42.1 Å². The molecule has 136 valence electrons. The van der Waals surface area contributed by atoms with Gasteiger partial charge in [0.05, 0.1) is 11.4 Å². The molecule has 1 atom stereocenters.